The highest BCUT2D eigenvalue weighted by Crippen LogP contribution is 2.33. The van der Waals surface area contributed by atoms with E-state index < -0.39 is 6.04 Å². The molecule has 2 aromatic carbocycles. The minimum Gasteiger partial charge on any atom is -0.462 e. The molecule has 0 spiro atoms. The predicted octanol–water partition coefficient (Wildman–Crippen LogP) is 5.54. The monoisotopic (exact) mass is 493 g/mol. The van der Waals surface area contributed by atoms with Gasteiger partial charge in [0.25, 0.3) is 0 Å². The number of rotatable bonds is 9. The highest BCUT2D eigenvalue weighted by Gasteiger charge is 2.34. The number of carbonyl (C=O) groups excluding carboxylic acids is 2. The minimum absolute atomic E-state index is 0.0663. The number of hydrogen-bond donors (Lipinski definition) is 2. The van der Waals surface area contributed by atoms with Crippen LogP contribution in [0.25, 0.3) is 0 Å². The summed E-state index contributed by atoms with van der Waals surface area (Å²) < 4.78 is 5.61. The first-order valence-corrected chi connectivity index (χ1v) is 12.6. The van der Waals surface area contributed by atoms with Gasteiger partial charge in [0.2, 0.25) is 5.91 Å². The van der Waals surface area contributed by atoms with Gasteiger partial charge in [0, 0.05) is 17.9 Å². The van der Waals surface area contributed by atoms with Crippen molar-refractivity contribution < 1.29 is 14.3 Å². The summed E-state index contributed by atoms with van der Waals surface area (Å²) in [7, 11) is 0. The quantitative estimate of drug-likeness (QED) is 0.353. The topological polar surface area (TPSA) is 70.7 Å². The zero-order valence-corrected chi connectivity index (χ0v) is 21.9. The molecule has 0 radical (unpaired) electrons. The first-order valence-electron chi connectivity index (χ1n) is 12.2. The molecule has 0 saturated carbocycles. The molecule has 0 fully saturated rings. The van der Waals surface area contributed by atoms with Crippen LogP contribution >= 0.6 is 12.2 Å². The van der Waals surface area contributed by atoms with Crippen LogP contribution in [0.2, 0.25) is 0 Å². The molecular weight excluding hydrogens is 458 g/mol. The fourth-order valence-corrected chi connectivity index (χ4v) is 4.66. The molecule has 1 amide bonds. The van der Waals surface area contributed by atoms with Gasteiger partial charge in [-0.25, -0.2) is 4.79 Å². The number of allylic oxidation sites excluding steroid dienone is 1. The fourth-order valence-electron chi connectivity index (χ4n) is 4.28. The zero-order chi connectivity index (χ0) is 25.5. The van der Waals surface area contributed by atoms with Gasteiger partial charge in [-0.1, -0.05) is 63.2 Å². The summed E-state index contributed by atoms with van der Waals surface area (Å²) in [5.41, 5.74) is 3.78. The molecule has 2 aromatic rings. The fraction of sp³-hybridized carbons (Fsp3) is 0.393. The molecule has 0 unspecified atom stereocenters. The molecule has 6 nitrogen and oxygen atoms in total. The number of hydrogen-bond acceptors (Lipinski definition) is 4. The van der Waals surface area contributed by atoms with Crippen molar-refractivity contribution in [2.75, 3.05) is 18.5 Å². The van der Waals surface area contributed by atoms with Crippen molar-refractivity contribution in [3.8, 4) is 0 Å². The Bertz CT molecular complexity index is 1100. The molecule has 1 aliphatic heterocycles. The van der Waals surface area contributed by atoms with E-state index in [4.69, 9.17) is 17.0 Å². The number of benzene rings is 2. The van der Waals surface area contributed by atoms with E-state index >= 15 is 0 Å². The van der Waals surface area contributed by atoms with Crippen molar-refractivity contribution in [1.29, 1.82) is 0 Å². The third-order valence-electron chi connectivity index (χ3n) is 6.09. The average Bonchev–Trinajstić information content (AvgIpc) is 2.83. The van der Waals surface area contributed by atoms with Crippen LogP contribution in [-0.2, 0) is 14.3 Å². The Hall–Kier alpha value is -3.19. The largest absolute Gasteiger partial charge is 0.462 e. The van der Waals surface area contributed by atoms with Crippen LogP contribution in [-0.4, -0.2) is 35.0 Å². The third kappa shape index (κ3) is 6.28. The van der Waals surface area contributed by atoms with Gasteiger partial charge in [-0.2, -0.15) is 0 Å². The van der Waals surface area contributed by atoms with Gasteiger partial charge in [0.15, 0.2) is 5.11 Å². The summed E-state index contributed by atoms with van der Waals surface area (Å²) in [6, 6.07) is 16.8. The normalized spacial score (nSPS) is 16.7. The lowest BCUT2D eigenvalue weighted by atomic mass is 9.94. The van der Waals surface area contributed by atoms with Crippen molar-refractivity contribution in [3.05, 3.63) is 77.0 Å². The van der Waals surface area contributed by atoms with Gasteiger partial charge in [-0.3, -0.25) is 4.79 Å². The summed E-state index contributed by atoms with van der Waals surface area (Å²) in [6.45, 7) is 10.9. The summed E-state index contributed by atoms with van der Waals surface area (Å²) in [5, 5.41) is 6.92. The molecule has 0 aliphatic carbocycles. The SMILES string of the molecule is CC[C@H](C(=O)Nc1cccc([C@@H]2NC(=S)N(CC)C(C)=C2C(=O)OCC(C)C)c1)c1ccccc1. The number of thiocarbonyl (C=S) groups is 1. The maximum absolute atomic E-state index is 13.2. The van der Waals surface area contributed by atoms with E-state index in [2.05, 4.69) is 10.6 Å². The van der Waals surface area contributed by atoms with E-state index in [1.807, 2.05) is 94.1 Å². The molecule has 186 valence electrons. The highest BCUT2D eigenvalue weighted by molar-refractivity contribution is 7.80. The van der Waals surface area contributed by atoms with Gasteiger partial charge < -0.3 is 20.3 Å². The second-order valence-corrected chi connectivity index (χ2v) is 9.49. The number of esters is 1. The standard InChI is InChI=1S/C28H35N3O3S/c1-6-23(20-12-9-8-10-13-20)26(32)29-22-15-11-14-21(16-22)25-24(27(33)34-17-18(3)4)19(5)31(7-2)28(35)30-25/h8-16,18,23,25H,6-7,17H2,1-5H3,(H,29,32)(H,30,35)/t23-,25-/m0/s1. The Morgan fingerprint density at radius 2 is 1.83 bits per heavy atom. The zero-order valence-electron chi connectivity index (χ0n) is 21.1. The van der Waals surface area contributed by atoms with Gasteiger partial charge in [-0.05, 0) is 61.7 Å². The Morgan fingerprint density at radius 3 is 2.46 bits per heavy atom. The lowest BCUT2D eigenvalue weighted by Gasteiger charge is -2.37. The van der Waals surface area contributed by atoms with Gasteiger partial charge in [-0.15, -0.1) is 0 Å². The number of ether oxygens (including phenoxy) is 1. The molecule has 0 aromatic heterocycles. The van der Waals surface area contributed by atoms with Crippen molar-refractivity contribution in [3.63, 3.8) is 0 Å². The van der Waals surface area contributed by atoms with E-state index in [0.29, 0.717) is 35.9 Å². The second-order valence-electron chi connectivity index (χ2n) is 9.10. The van der Waals surface area contributed by atoms with Crippen LogP contribution in [0, 0.1) is 5.92 Å². The van der Waals surface area contributed by atoms with Crippen LogP contribution in [0.5, 0.6) is 0 Å². The van der Waals surface area contributed by atoms with Gasteiger partial charge in [0.1, 0.15) is 0 Å². The molecule has 0 bridgehead atoms. The number of nitrogens with one attached hydrogen (secondary N) is 2. The average molecular weight is 494 g/mol. The summed E-state index contributed by atoms with van der Waals surface area (Å²) >= 11 is 5.59. The molecule has 1 heterocycles. The second kappa shape index (κ2) is 12.0. The molecule has 0 saturated heterocycles. The molecule has 1 aliphatic rings. The summed E-state index contributed by atoms with van der Waals surface area (Å²) in [4.78, 5) is 28.2. The van der Waals surface area contributed by atoms with Gasteiger partial charge >= 0.3 is 5.97 Å². The lowest BCUT2D eigenvalue weighted by molar-refractivity contribution is -0.140. The van der Waals surface area contributed by atoms with E-state index in [-0.39, 0.29) is 23.7 Å². The molecule has 35 heavy (non-hydrogen) atoms. The summed E-state index contributed by atoms with van der Waals surface area (Å²) in [6.07, 6.45) is 0.689. The predicted molar refractivity (Wildman–Crippen MR) is 144 cm³/mol. The van der Waals surface area contributed by atoms with E-state index in [0.717, 1.165) is 16.8 Å². The Kier molecular flexibility index (Phi) is 9.04. The molecule has 7 heteroatoms. The van der Waals surface area contributed by atoms with E-state index in [1.54, 1.807) is 0 Å². The molecule has 2 atom stereocenters. The highest BCUT2D eigenvalue weighted by atomic mass is 32.1. The first-order chi connectivity index (χ1) is 16.8. The van der Waals surface area contributed by atoms with Crippen molar-refractivity contribution in [2.45, 2.75) is 53.0 Å². The van der Waals surface area contributed by atoms with Crippen LogP contribution in [0.4, 0.5) is 5.69 Å². The molecule has 3 rings (SSSR count). The van der Waals surface area contributed by atoms with Crippen LogP contribution in [0.1, 0.15) is 64.1 Å². The number of amides is 1. The maximum atomic E-state index is 13.2. The van der Waals surface area contributed by atoms with Crippen molar-refractivity contribution in [2.24, 2.45) is 5.92 Å². The van der Waals surface area contributed by atoms with Gasteiger partial charge in [0.05, 0.1) is 24.1 Å². The summed E-state index contributed by atoms with van der Waals surface area (Å²) in [5.74, 6) is -0.447. The van der Waals surface area contributed by atoms with E-state index in [1.165, 1.54) is 0 Å². The van der Waals surface area contributed by atoms with Crippen LogP contribution < -0.4 is 10.6 Å². The molecule has 2 N–H and O–H groups in total. The molecular formula is C28H35N3O3S. The smallest absolute Gasteiger partial charge is 0.338 e. The van der Waals surface area contributed by atoms with E-state index in [9.17, 15) is 9.59 Å². The number of nitrogens with zero attached hydrogens (tertiary/aromatic N) is 1. The van der Waals surface area contributed by atoms with Crippen molar-refractivity contribution in [1.82, 2.24) is 10.2 Å². The van der Waals surface area contributed by atoms with Crippen LogP contribution in [0.3, 0.4) is 0 Å². The number of carbonyl (C=O) groups is 2. The Balaban J connectivity index is 1.90. The van der Waals surface area contributed by atoms with Crippen molar-refractivity contribution >= 4 is 34.9 Å². The minimum atomic E-state index is -0.474. The Labute approximate surface area is 213 Å². The first kappa shape index (κ1) is 26.4. The maximum Gasteiger partial charge on any atom is 0.338 e. The Morgan fingerprint density at radius 1 is 1.11 bits per heavy atom. The lowest BCUT2D eigenvalue weighted by Crippen LogP contribution is -2.47. The van der Waals surface area contributed by atoms with Crippen LogP contribution in [0.15, 0.2) is 65.9 Å². The number of anilines is 1. The third-order valence-corrected chi connectivity index (χ3v) is 6.43.